The summed E-state index contributed by atoms with van der Waals surface area (Å²) < 4.78 is 5.78. The third-order valence-electron chi connectivity index (χ3n) is 4.04. The molecule has 1 fully saturated rings. The second-order valence-corrected chi connectivity index (χ2v) is 5.40. The number of ketones is 1. The molecule has 1 heterocycles. The summed E-state index contributed by atoms with van der Waals surface area (Å²) in [5.41, 5.74) is 3.04. The highest BCUT2D eigenvalue weighted by Gasteiger charge is 2.28. The summed E-state index contributed by atoms with van der Waals surface area (Å²) >= 11 is 0. The number of hydrogen-bond donors (Lipinski definition) is 0. The molecule has 1 saturated carbocycles. The van der Waals surface area contributed by atoms with E-state index >= 15 is 0 Å². The first-order valence-electron chi connectivity index (χ1n) is 6.71. The van der Waals surface area contributed by atoms with E-state index in [-0.39, 0.29) is 11.7 Å². The van der Waals surface area contributed by atoms with Gasteiger partial charge in [-0.05, 0) is 38.8 Å². The van der Waals surface area contributed by atoms with Crippen LogP contribution in [0.1, 0.15) is 47.4 Å². The molecule has 0 radical (unpaired) electrons. The van der Waals surface area contributed by atoms with E-state index in [2.05, 4.69) is 13.0 Å². The van der Waals surface area contributed by atoms with Gasteiger partial charge in [0.05, 0.1) is 0 Å². The number of furan rings is 1. The molecular formula is C16H18O2. The number of benzene rings is 1. The van der Waals surface area contributed by atoms with E-state index < -0.39 is 0 Å². The zero-order chi connectivity index (χ0) is 12.7. The van der Waals surface area contributed by atoms with E-state index in [1.165, 1.54) is 18.4 Å². The molecule has 0 saturated heterocycles. The van der Waals surface area contributed by atoms with Crippen LogP contribution in [0.2, 0.25) is 0 Å². The molecule has 94 valence electrons. The molecule has 1 aliphatic carbocycles. The fourth-order valence-electron chi connectivity index (χ4n) is 2.94. The summed E-state index contributed by atoms with van der Waals surface area (Å²) in [5, 5.41) is 1.08. The van der Waals surface area contributed by atoms with Crippen LogP contribution in [-0.4, -0.2) is 5.78 Å². The van der Waals surface area contributed by atoms with Crippen molar-refractivity contribution < 1.29 is 9.21 Å². The molecule has 1 aliphatic rings. The number of carbonyl (C=O) groups excluding carboxylic acids is 1. The van der Waals surface area contributed by atoms with Gasteiger partial charge in [0.1, 0.15) is 5.58 Å². The van der Waals surface area contributed by atoms with Gasteiger partial charge < -0.3 is 4.42 Å². The lowest BCUT2D eigenvalue weighted by Crippen LogP contribution is -2.11. The average molecular weight is 242 g/mol. The zero-order valence-electron chi connectivity index (χ0n) is 11.0. The second kappa shape index (κ2) is 4.27. The quantitative estimate of drug-likeness (QED) is 0.729. The number of carbonyl (C=O) groups is 1. The maximum Gasteiger partial charge on any atom is 0.201 e. The first kappa shape index (κ1) is 11.5. The predicted molar refractivity (Wildman–Crippen MR) is 72.0 cm³/mol. The standard InChI is InChI=1S/C16H18O2/c1-10-7-8-14-13(9-10)11(2)16(18-14)15(17)12-5-3-4-6-12/h7-9,12H,3-6H2,1-2H3. The van der Waals surface area contributed by atoms with Crippen LogP contribution in [0.3, 0.4) is 0 Å². The number of hydrogen-bond acceptors (Lipinski definition) is 2. The summed E-state index contributed by atoms with van der Waals surface area (Å²) in [6.45, 7) is 4.05. The molecule has 0 unspecified atom stereocenters. The summed E-state index contributed by atoms with van der Waals surface area (Å²) in [6, 6.07) is 6.08. The van der Waals surface area contributed by atoms with E-state index in [1.807, 2.05) is 19.1 Å². The molecule has 0 bridgehead atoms. The van der Waals surface area contributed by atoms with Gasteiger partial charge in [0.25, 0.3) is 0 Å². The van der Waals surface area contributed by atoms with E-state index in [0.717, 1.165) is 29.4 Å². The van der Waals surface area contributed by atoms with Gasteiger partial charge in [-0.25, -0.2) is 0 Å². The van der Waals surface area contributed by atoms with E-state index in [1.54, 1.807) is 0 Å². The third kappa shape index (κ3) is 1.76. The number of rotatable bonds is 2. The Morgan fingerprint density at radius 1 is 1.22 bits per heavy atom. The molecule has 2 heteroatoms. The molecule has 0 spiro atoms. The molecule has 18 heavy (non-hydrogen) atoms. The molecule has 2 nitrogen and oxygen atoms in total. The Bertz CT molecular complexity index is 601. The van der Waals surface area contributed by atoms with Gasteiger partial charge in [-0.15, -0.1) is 0 Å². The largest absolute Gasteiger partial charge is 0.453 e. The molecule has 2 aromatic rings. The smallest absolute Gasteiger partial charge is 0.201 e. The average Bonchev–Trinajstić information content (AvgIpc) is 2.98. The molecule has 0 aliphatic heterocycles. The monoisotopic (exact) mass is 242 g/mol. The maximum absolute atomic E-state index is 12.4. The summed E-state index contributed by atoms with van der Waals surface area (Å²) in [7, 11) is 0. The Labute approximate surface area is 107 Å². The van der Waals surface area contributed by atoms with Gasteiger partial charge in [0.2, 0.25) is 5.78 Å². The van der Waals surface area contributed by atoms with Crippen LogP contribution in [-0.2, 0) is 0 Å². The van der Waals surface area contributed by atoms with Crippen molar-refractivity contribution in [1.29, 1.82) is 0 Å². The summed E-state index contributed by atoms with van der Waals surface area (Å²) in [6.07, 6.45) is 4.40. The second-order valence-electron chi connectivity index (χ2n) is 5.40. The van der Waals surface area contributed by atoms with Crippen molar-refractivity contribution in [3.05, 3.63) is 35.1 Å². The Balaban J connectivity index is 2.06. The van der Waals surface area contributed by atoms with E-state index in [4.69, 9.17) is 4.42 Å². The molecule has 1 aromatic carbocycles. The van der Waals surface area contributed by atoms with Gasteiger partial charge in [-0.3, -0.25) is 4.79 Å². The van der Waals surface area contributed by atoms with Crippen LogP contribution in [0.5, 0.6) is 0 Å². The van der Waals surface area contributed by atoms with E-state index in [9.17, 15) is 4.79 Å². The molecular weight excluding hydrogens is 224 g/mol. The minimum atomic E-state index is 0.186. The first-order chi connectivity index (χ1) is 8.66. The van der Waals surface area contributed by atoms with Crippen molar-refractivity contribution in [3.63, 3.8) is 0 Å². The lowest BCUT2D eigenvalue weighted by Gasteiger charge is -2.05. The van der Waals surface area contributed by atoms with Crippen LogP contribution in [0, 0.1) is 19.8 Å². The lowest BCUT2D eigenvalue weighted by atomic mass is 9.98. The van der Waals surface area contributed by atoms with Crippen molar-refractivity contribution in [1.82, 2.24) is 0 Å². The minimum Gasteiger partial charge on any atom is -0.453 e. The van der Waals surface area contributed by atoms with Gasteiger partial charge in [-0.2, -0.15) is 0 Å². The highest BCUT2D eigenvalue weighted by molar-refractivity contribution is 6.01. The Kier molecular flexibility index (Phi) is 2.73. The van der Waals surface area contributed by atoms with Crippen LogP contribution >= 0.6 is 0 Å². The van der Waals surface area contributed by atoms with Crippen LogP contribution in [0.15, 0.2) is 22.6 Å². The van der Waals surface area contributed by atoms with Crippen molar-refractivity contribution >= 4 is 16.8 Å². The van der Waals surface area contributed by atoms with Gasteiger partial charge in [-0.1, -0.05) is 24.5 Å². The van der Waals surface area contributed by atoms with Crippen LogP contribution < -0.4 is 0 Å². The van der Waals surface area contributed by atoms with Crippen molar-refractivity contribution in [3.8, 4) is 0 Å². The molecule has 0 atom stereocenters. The molecule has 3 rings (SSSR count). The molecule has 0 amide bonds. The zero-order valence-corrected chi connectivity index (χ0v) is 11.0. The van der Waals surface area contributed by atoms with Gasteiger partial charge in [0.15, 0.2) is 5.76 Å². The molecule has 1 aromatic heterocycles. The molecule has 0 N–H and O–H groups in total. The number of Topliss-reactive ketones (excluding diaryl/α,β-unsaturated/α-hetero) is 1. The Hall–Kier alpha value is -1.57. The van der Waals surface area contributed by atoms with Gasteiger partial charge in [0, 0.05) is 16.9 Å². The summed E-state index contributed by atoms with van der Waals surface area (Å²) in [5.74, 6) is 0.978. The highest BCUT2D eigenvalue weighted by Crippen LogP contribution is 2.33. The van der Waals surface area contributed by atoms with Gasteiger partial charge >= 0.3 is 0 Å². The first-order valence-corrected chi connectivity index (χ1v) is 6.71. The SMILES string of the molecule is Cc1ccc2oc(C(=O)C3CCCC3)c(C)c2c1. The normalized spacial score (nSPS) is 16.6. The van der Waals surface area contributed by atoms with Crippen LogP contribution in [0.4, 0.5) is 0 Å². The Morgan fingerprint density at radius 3 is 2.67 bits per heavy atom. The predicted octanol–water partition coefficient (Wildman–Crippen LogP) is 4.42. The van der Waals surface area contributed by atoms with Crippen molar-refractivity contribution in [2.75, 3.05) is 0 Å². The minimum absolute atomic E-state index is 0.186. The fraction of sp³-hybridized carbons (Fsp3) is 0.438. The lowest BCUT2D eigenvalue weighted by molar-refractivity contribution is 0.0896. The van der Waals surface area contributed by atoms with E-state index in [0.29, 0.717) is 5.76 Å². The fourth-order valence-corrected chi connectivity index (χ4v) is 2.94. The topological polar surface area (TPSA) is 30.2 Å². The van der Waals surface area contributed by atoms with Crippen LogP contribution in [0.25, 0.3) is 11.0 Å². The van der Waals surface area contributed by atoms with Crippen molar-refractivity contribution in [2.24, 2.45) is 5.92 Å². The third-order valence-corrected chi connectivity index (χ3v) is 4.04. The Morgan fingerprint density at radius 2 is 1.94 bits per heavy atom. The summed E-state index contributed by atoms with van der Waals surface area (Å²) in [4.78, 5) is 12.4. The highest BCUT2D eigenvalue weighted by atomic mass is 16.3. The van der Waals surface area contributed by atoms with Crippen molar-refractivity contribution in [2.45, 2.75) is 39.5 Å². The maximum atomic E-state index is 12.4. The number of aryl methyl sites for hydroxylation is 2. The number of fused-ring (bicyclic) bond motifs is 1.